The van der Waals surface area contributed by atoms with Crippen LogP contribution in [0.3, 0.4) is 0 Å². The van der Waals surface area contributed by atoms with Gasteiger partial charge in [-0.3, -0.25) is 0 Å². The zero-order chi connectivity index (χ0) is 10.6. The second kappa shape index (κ2) is 5.39. The number of hydrogen-bond donors (Lipinski definition) is 2. The molecule has 3 heteroatoms. The van der Waals surface area contributed by atoms with Gasteiger partial charge in [-0.15, -0.1) is 11.8 Å². The van der Waals surface area contributed by atoms with Gasteiger partial charge in [0.2, 0.25) is 0 Å². The summed E-state index contributed by atoms with van der Waals surface area (Å²) in [5, 5.41) is 18.6. The van der Waals surface area contributed by atoms with Crippen LogP contribution in [-0.4, -0.2) is 22.1 Å². The van der Waals surface area contributed by atoms with Gasteiger partial charge in [-0.05, 0) is 18.6 Å². The van der Waals surface area contributed by atoms with E-state index in [4.69, 9.17) is 5.11 Å². The van der Waals surface area contributed by atoms with Crippen LogP contribution in [0.15, 0.2) is 29.2 Å². The monoisotopic (exact) mass is 212 g/mol. The number of rotatable bonds is 4. The molecule has 78 valence electrons. The van der Waals surface area contributed by atoms with E-state index in [9.17, 15) is 5.11 Å². The fourth-order valence-electron chi connectivity index (χ4n) is 1.19. The average Bonchev–Trinajstić information content (AvgIpc) is 2.18. The summed E-state index contributed by atoms with van der Waals surface area (Å²) in [7, 11) is 0. The molecule has 0 amide bonds. The van der Waals surface area contributed by atoms with Gasteiger partial charge in [0.15, 0.2) is 0 Å². The minimum atomic E-state index is -0.454. The van der Waals surface area contributed by atoms with Crippen molar-refractivity contribution in [1.82, 2.24) is 0 Å². The molecule has 2 atom stereocenters. The molecular weight excluding hydrogens is 196 g/mol. The Bertz CT molecular complexity index is 286. The molecule has 1 rings (SSSR count). The van der Waals surface area contributed by atoms with Crippen LogP contribution in [-0.2, 0) is 0 Å². The fraction of sp³-hybridized carbons (Fsp3) is 0.455. The van der Waals surface area contributed by atoms with Gasteiger partial charge in [-0.1, -0.05) is 25.1 Å². The molecule has 14 heavy (non-hydrogen) atoms. The molecule has 0 aromatic heterocycles. The lowest BCUT2D eigenvalue weighted by molar-refractivity contribution is 0.196. The molecule has 1 aromatic rings. The molecule has 0 saturated heterocycles. The van der Waals surface area contributed by atoms with Gasteiger partial charge in [0.05, 0.1) is 12.7 Å². The molecule has 0 fully saturated rings. The predicted molar refractivity (Wildman–Crippen MR) is 59.5 cm³/mol. The first-order valence-corrected chi connectivity index (χ1v) is 5.57. The Morgan fingerprint density at radius 3 is 2.50 bits per heavy atom. The van der Waals surface area contributed by atoms with Crippen LogP contribution >= 0.6 is 11.8 Å². The lowest BCUT2D eigenvalue weighted by atomic mass is 10.1. The third-order valence-electron chi connectivity index (χ3n) is 1.95. The third-order valence-corrected chi connectivity index (χ3v) is 3.13. The van der Waals surface area contributed by atoms with E-state index in [1.165, 1.54) is 0 Å². The van der Waals surface area contributed by atoms with Gasteiger partial charge in [-0.2, -0.15) is 0 Å². The predicted octanol–water partition coefficient (Wildman–Crippen LogP) is 2.21. The summed E-state index contributed by atoms with van der Waals surface area (Å²) in [6.07, 6.45) is -0.454. The van der Waals surface area contributed by atoms with Crippen molar-refractivity contribution in [3.63, 3.8) is 0 Å². The van der Waals surface area contributed by atoms with Crippen LogP contribution in [0.4, 0.5) is 0 Å². The summed E-state index contributed by atoms with van der Waals surface area (Å²) in [6, 6.07) is 7.74. The summed E-state index contributed by atoms with van der Waals surface area (Å²) in [4.78, 5) is 1.05. The molecule has 0 heterocycles. The highest BCUT2D eigenvalue weighted by atomic mass is 32.2. The summed E-state index contributed by atoms with van der Waals surface area (Å²) >= 11 is 1.59. The zero-order valence-corrected chi connectivity index (χ0v) is 9.29. The zero-order valence-electron chi connectivity index (χ0n) is 8.47. The van der Waals surface area contributed by atoms with Gasteiger partial charge in [-0.25, -0.2) is 0 Å². The molecular formula is C11H16O2S. The topological polar surface area (TPSA) is 40.5 Å². The molecule has 1 aromatic carbocycles. The van der Waals surface area contributed by atoms with Crippen molar-refractivity contribution >= 4 is 11.8 Å². The van der Waals surface area contributed by atoms with Crippen molar-refractivity contribution in [3.05, 3.63) is 29.8 Å². The highest BCUT2D eigenvalue weighted by Crippen LogP contribution is 2.29. The van der Waals surface area contributed by atoms with E-state index in [1.807, 2.05) is 31.2 Å². The van der Waals surface area contributed by atoms with Crippen molar-refractivity contribution in [3.8, 4) is 0 Å². The summed E-state index contributed by atoms with van der Waals surface area (Å²) in [6.45, 7) is 3.87. The molecule has 0 spiro atoms. The molecule has 0 aliphatic carbocycles. The maximum Gasteiger partial charge on any atom is 0.0772 e. The van der Waals surface area contributed by atoms with Crippen molar-refractivity contribution < 1.29 is 10.2 Å². The van der Waals surface area contributed by atoms with Gasteiger partial charge in [0.1, 0.15) is 0 Å². The Balaban J connectivity index is 2.84. The van der Waals surface area contributed by atoms with E-state index >= 15 is 0 Å². The highest BCUT2D eigenvalue weighted by molar-refractivity contribution is 8.00. The maximum atomic E-state index is 9.51. The van der Waals surface area contributed by atoms with Crippen LogP contribution in [0.2, 0.25) is 0 Å². The van der Waals surface area contributed by atoms with Crippen molar-refractivity contribution in [2.45, 2.75) is 30.1 Å². The molecule has 0 saturated carbocycles. The minimum absolute atomic E-state index is 0.152. The lowest BCUT2D eigenvalue weighted by Gasteiger charge is -2.13. The fourth-order valence-corrected chi connectivity index (χ4v) is 2.23. The van der Waals surface area contributed by atoms with Crippen molar-refractivity contribution in [1.29, 1.82) is 0 Å². The lowest BCUT2D eigenvalue weighted by Crippen LogP contribution is -2.03. The van der Waals surface area contributed by atoms with E-state index < -0.39 is 6.10 Å². The number of benzene rings is 1. The Labute approximate surface area is 89.0 Å². The molecule has 0 bridgehead atoms. The van der Waals surface area contributed by atoms with Crippen LogP contribution < -0.4 is 0 Å². The summed E-state index contributed by atoms with van der Waals surface area (Å²) in [5.74, 6) is 0. The maximum absolute atomic E-state index is 9.51. The normalized spacial score (nSPS) is 15.1. The second-order valence-electron chi connectivity index (χ2n) is 3.32. The number of hydrogen-bond acceptors (Lipinski definition) is 3. The standard InChI is InChI=1S/C11H16O2S/c1-8(7-12)14-11-6-4-3-5-10(11)9(2)13/h3-6,8-9,12-13H,7H2,1-2H3. The molecule has 2 N–H and O–H groups in total. The largest absolute Gasteiger partial charge is 0.395 e. The van der Waals surface area contributed by atoms with Crippen LogP contribution in [0.5, 0.6) is 0 Å². The Morgan fingerprint density at radius 2 is 1.93 bits per heavy atom. The first-order valence-electron chi connectivity index (χ1n) is 4.69. The number of thioether (sulfide) groups is 1. The van der Waals surface area contributed by atoms with Gasteiger partial charge in [0, 0.05) is 10.1 Å². The van der Waals surface area contributed by atoms with Gasteiger partial charge >= 0.3 is 0 Å². The van der Waals surface area contributed by atoms with Crippen LogP contribution in [0, 0.1) is 0 Å². The second-order valence-corrected chi connectivity index (χ2v) is 4.81. The SMILES string of the molecule is CC(CO)Sc1ccccc1C(C)O. The highest BCUT2D eigenvalue weighted by Gasteiger charge is 2.10. The first kappa shape index (κ1) is 11.6. The van der Waals surface area contributed by atoms with Crippen LogP contribution in [0.25, 0.3) is 0 Å². The Kier molecular flexibility index (Phi) is 4.45. The Hall–Kier alpha value is -0.510. The molecule has 0 aliphatic rings. The quantitative estimate of drug-likeness (QED) is 0.752. The van der Waals surface area contributed by atoms with E-state index in [0.717, 1.165) is 10.5 Å². The third kappa shape index (κ3) is 3.01. The number of aliphatic hydroxyl groups excluding tert-OH is 2. The molecule has 2 nitrogen and oxygen atoms in total. The molecule has 2 unspecified atom stereocenters. The minimum Gasteiger partial charge on any atom is -0.395 e. The van der Waals surface area contributed by atoms with Gasteiger partial charge < -0.3 is 10.2 Å². The first-order chi connectivity index (χ1) is 6.65. The van der Waals surface area contributed by atoms with E-state index in [-0.39, 0.29) is 11.9 Å². The summed E-state index contributed by atoms with van der Waals surface area (Å²) < 4.78 is 0. The van der Waals surface area contributed by atoms with E-state index in [1.54, 1.807) is 18.7 Å². The van der Waals surface area contributed by atoms with E-state index in [0.29, 0.717) is 0 Å². The van der Waals surface area contributed by atoms with Crippen molar-refractivity contribution in [2.75, 3.05) is 6.61 Å². The molecule has 0 radical (unpaired) electrons. The summed E-state index contributed by atoms with van der Waals surface area (Å²) in [5.41, 5.74) is 0.929. The number of aliphatic hydroxyl groups is 2. The van der Waals surface area contributed by atoms with Crippen LogP contribution in [0.1, 0.15) is 25.5 Å². The van der Waals surface area contributed by atoms with Crippen molar-refractivity contribution in [2.24, 2.45) is 0 Å². The van der Waals surface area contributed by atoms with Gasteiger partial charge in [0.25, 0.3) is 0 Å². The Morgan fingerprint density at radius 1 is 1.29 bits per heavy atom. The molecule has 0 aliphatic heterocycles. The van der Waals surface area contributed by atoms with E-state index in [2.05, 4.69) is 0 Å². The smallest absolute Gasteiger partial charge is 0.0772 e. The average molecular weight is 212 g/mol.